The summed E-state index contributed by atoms with van der Waals surface area (Å²) >= 11 is 0. The molecule has 0 radical (unpaired) electrons. The van der Waals surface area contributed by atoms with E-state index in [0.717, 1.165) is 0 Å². The van der Waals surface area contributed by atoms with Gasteiger partial charge in [-0.05, 0) is 0 Å². The Morgan fingerprint density at radius 2 is 1.91 bits per heavy atom. The minimum atomic E-state index is -0.848. The molecule has 0 unspecified atom stereocenters. The smallest absolute Gasteiger partial charge is 0.294 e. The first-order chi connectivity index (χ1) is 5.27. The zero-order valence-electron chi connectivity index (χ0n) is 6.32. The van der Waals surface area contributed by atoms with Crippen LogP contribution in [0.2, 0.25) is 0 Å². The van der Waals surface area contributed by atoms with E-state index in [4.69, 9.17) is 4.74 Å². The number of rotatable bonds is 7. The summed E-state index contributed by atoms with van der Waals surface area (Å²) in [5.41, 5.74) is 0. The van der Waals surface area contributed by atoms with E-state index in [9.17, 15) is 10.1 Å². The Labute approximate surface area is 64.1 Å². The highest BCUT2D eigenvalue weighted by Gasteiger charge is 1.93. The van der Waals surface area contributed by atoms with Gasteiger partial charge in [-0.15, -0.1) is 10.1 Å². The standard InChI is InChI=1S/C5H11NO5/c1-9-2-3-10-4-5-11-6(7)8/h2-5H2,1H3. The minimum Gasteiger partial charge on any atom is -0.382 e. The molecule has 0 saturated heterocycles. The topological polar surface area (TPSA) is 70.8 Å². The van der Waals surface area contributed by atoms with Gasteiger partial charge in [0.05, 0.1) is 19.8 Å². The molecule has 0 aromatic carbocycles. The second-order valence-corrected chi connectivity index (χ2v) is 1.66. The Bertz CT molecular complexity index is 107. The van der Waals surface area contributed by atoms with E-state index in [1.165, 1.54) is 0 Å². The van der Waals surface area contributed by atoms with Crippen molar-refractivity contribution in [2.75, 3.05) is 33.5 Å². The Kier molecular flexibility index (Phi) is 6.65. The third kappa shape index (κ3) is 9.12. The lowest BCUT2D eigenvalue weighted by atomic mass is 10.7. The van der Waals surface area contributed by atoms with Crippen LogP contribution in [-0.4, -0.2) is 38.6 Å². The summed E-state index contributed by atoms with van der Waals surface area (Å²) in [6.45, 7) is 1.09. The highest BCUT2D eigenvalue weighted by Crippen LogP contribution is 1.78. The first kappa shape index (κ1) is 10.1. The third-order valence-corrected chi connectivity index (χ3v) is 0.856. The van der Waals surface area contributed by atoms with Crippen LogP contribution >= 0.6 is 0 Å². The Balaban J connectivity index is 2.85. The van der Waals surface area contributed by atoms with Gasteiger partial charge in [-0.1, -0.05) is 0 Å². The van der Waals surface area contributed by atoms with Crippen molar-refractivity contribution >= 4 is 0 Å². The molecule has 6 nitrogen and oxygen atoms in total. The fourth-order valence-electron chi connectivity index (χ4n) is 0.415. The van der Waals surface area contributed by atoms with Crippen LogP contribution in [0.5, 0.6) is 0 Å². The van der Waals surface area contributed by atoms with E-state index < -0.39 is 5.09 Å². The Morgan fingerprint density at radius 1 is 1.27 bits per heavy atom. The molecule has 0 fully saturated rings. The molecule has 0 N–H and O–H groups in total. The van der Waals surface area contributed by atoms with Crippen molar-refractivity contribution in [3.05, 3.63) is 10.1 Å². The van der Waals surface area contributed by atoms with Crippen molar-refractivity contribution in [2.45, 2.75) is 0 Å². The first-order valence-electron chi connectivity index (χ1n) is 3.11. The van der Waals surface area contributed by atoms with Gasteiger partial charge in [0, 0.05) is 7.11 Å². The van der Waals surface area contributed by atoms with Gasteiger partial charge >= 0.3 is 0 Å². The van der Waals surface area contributed by atoms with E-state index >= 15 is 0 Å². The summed E-state index contributed by atoms with van der Waals surface area (Å²) in [5.74, 6) is 0. The summed E-state index contributed by atoms with van der Waals surface area (Å²) in [6.07, 6.45) is 0. The monoisotopic (exact) mass is 165 g/mol. The van der Waals surface area contributed by atoms with E-state index in [2.05, 4.69) is 9.57 Å². The summed E-state index contributed by atoms with van der Waals surface area (Å²) in [4.78, 5) is 13.6. The third-order valence-electron chi connectivity index (χ3n) is 0.856. The molecule has 11 heavy (non-hydrogen) atoms. The van der Waals surface area contributed by atoms with E-state index in [1.54, 1.807) is 7.11 Å². The fraction of sp³-hybridized carbons (Fsp3) is 1.00. The van der Waals surface area contributed by atoms with Crippen LogP contribution in [0.4, 0.5) is 0 Å². The molecule has 66 valence electrons. The molecule has 0 aliphatic heterocycles. The summed E-state index contributed by atoms with van der Waals surface area (Å²) in [7, 11) is 1.55. The molecule has 0 aromatic heterocycles. The molecule has 0 aromatic rings. The van der Waals surface area contributed by atoms with Crippen molar-refractivity contribution in [1.82, 2.24) is 0 Å². The second kappa shape index (κ2) is 7.23. The zero-order chi connectivity index (χ0) is 8.53. The van der Waals surface area contributed by atoms with Crippen molar-refractivity contribution in [1.29, 1.82) is 0 Å². The molecule has 0 heterocycles. The van der Waals surface area contributed by atoms with Crippen LogP contribution in [0.25, 0.3) is 0 Å². The largest absolute Gasteiger partial charge is 0.382 e. The van der Waals surface area contributed by atoms with Gasteiger partial charge in [0.15, 0.2) is 0 Å². The lowest BCUT2D eigenvalue weighted by molar-refractivity contribution is -0.758. The Hall–Kier alpha value is -0.880. The van der Waals surface area contributed by atoms with Crippen molar-refractivity contribution in [3.8, 4) is 0 Å². The minimum absolute atomic E-state index is 0.0310. The maximum absolute atomic E-state index is 9.59. The second-order valence-electron chi connectivity index (χ2n) is 1.66. The average molecular weight is 165 g/mol. The lowest BCUT2D eigenvalue weighted by Gasteiger charge is -2.01. The highest BCUT2D eigenvalue weighted by molar-refractivity contribution is 4.27. The van der Waals surface area contributed by atoms with Gasteiger partial charge in [0.25, 0.3) is 5.09 Å². The van der Waals surface area contributed by atoms with Crippen molar-refractivity contribution in [2.24, 2.45) is 0 Å². The summed E-state index contributed by atoms with van der Waals surface area (Å²) in [5, 5.41) is 8.74. The molecule has 0 rings (SSSR count). The van der Waals surface area contributed by atoms with Crippen LogP contribution in [-0.2, 0) is 14.3 Å². The van der Waals surface area contributed by atoms with Gasteiger partial charge < -0.3 is 14.3 Å². The van der Waals surface area contributed by atoms with Crippen molar-refractivity contribution < 1.29 is 19.4 Å². The van der Waals surface area contributed by atoms with Gasteiger partial charge in [-0.3, -0.25) is 0 Å². The van der Waals surface area contributed by atoms with Crippen LogP contribution < -0.4 is 0 Å². The molecule has 0 saturated carbocycles. The number of methoxy groups -OCH3 is 1. The van der Waals surface area contributed by atoms with E-state index in [0.29, 0.717) is 13.2 Å². The summed E-state index contributed by atoms with van der Waals surface area (Å²) < 4.78 is 9.54. The van der Waals surface area contributed by atoms with Gasteiger partial charge in [0.2, 0.25) is 0 Å². The van der Waals surface area contributed by atoms with E-state index in [1.807, 2.05) is 0 Å². The first-order valence-corrected chi connectivity index (χ1v) is 3.11. The molecule has 0 atom stereocenters. The average Bonchev–Trinajstić information content (AvgIpc) is 1.96. The van der Waals surface area contributed by atoms with Crippen LogP contribution in [0.15, 0.2) is 0 Å². The number of hydrogen-bond acceptors (Lipinski definition) is 5. The van der Waals surface area contributed by atoms with E-state index in [-0.39, 0.29) is 13.2 Å². The molecule has 0 amide bonds. The van der Waals surface area contributed by atoms with Gasteiger partial charge in [0.1, 0.15) is 6.61 Å². The number of ether oxygens (including phenoxy) is 2. The molecule has 0 bridgehead atoms. The molecule has 0 spiro atoms. The van der Waals surface area contributed by atoms with Crippen LogP contribution in [0.1, 0.15) is 0 Å². The van der Waals surface area contributed by atoms with Gasteiger partial charge in [-0.25, -0.2) is 0 Å². The van der Waals surface area contributed by atoms with Crippen LogP contribution in [0, 0.1) is 10.1 Å². The Morgan fingerprint density at radius 3 is 2.45 bits per heavy atom. The fourth-order valence-corrected chi connectivity index (χ4v) is 0.415. The maximum atomic E-state index is 9.59. The molecule has 0 aliphatic carbocycles. The highest BCUT2D eigenvalue weighted by atomic mass is 17.0. The maximum Gasteiger partial charge on any atom is 0.294 e. The SMILES string of the molecule is COCCOCCO[N+](=O)[O-]. The molecule has 6 heteroatoms. The zero-order valence-corrected chi connectivity index (χ0v) is 6.32. The quantitative estimate of drug-likeness (QED) is 0.298. The predicted molar refractivity (Wildman–Crippen MR) is 35.6 cm³/mol. The van der Waals surface area contributed by atoms with Crippen LogP contribution in [0.3, 0.4) is 0 Å². The number of nitrogens with zero attached hydrogens (tertiary/aromatic N) is 1. The lowest BCUT2D eigenvalue weighted by Crippen LogP contribution is -2.10. The normalized spacial score (nSPS) is 9.55. The number of hydrogen-bond donors (Lipinski definition) is 0. The molecule has 0 aliphatic rings. The van der Waals surface area contributed by atoms with Crippen molar-refractivity contribution in [3.63, 3.8) is 0 Å². The summed E-state index contributed by atoms with van der Waals surface area (Å²) in [6, 6.07) is 0. The molecular formula is C5H11NO5. The molecular weight excluding hydrogens is 154 g/mol. The van der Waals surface area contributed by atoms with Gasteiger partial charge in [-0.2, -0.15) is 0 Å². The predicted octanol–water partition coefficient (Wildman–Crippen LogP) is -0.142.